The Hall–Kier alpha value is -0.660. The summed E-state index contributed by atoms with van der Waals surface area (Å²) in [7, 11) is 0. The first-order valence-corrected chi connectivity index (χ1v) is 5.57. The molecule has 6 N–H and O–H groups in total. The van der Waals surface area contributed by atoms with E-state index in [-0.39, 0.29) is 5.17 Å². The van der Waals surface area contributed by atoms with E-state index >= 15 is 0 Å². The van der Waals surface area contributed by atoms with Gasteiger partial charge in [-0.25, -0.2) is 5.43 Å². The van der Waals surface area contributed by atoms with Crippen LogP contribution in [0.15, 0.2) is 0 Å². The van der Waals surface area contributed by atoms with Crippen LogP contribution in [-0.2, 0) is 0 Å². The Kier molecular flexibility index (Phi) is 8.25. The van der Waals surface area contributed by atoms with Crippen LogP contribution in [0.2, 0.25) is 0 Å². The summed E-state index contributed by atoms with van der Waals surface area (Å²) < 4.78 is 0. The van der Waals surface area contributed by atoms with Crippen molar-refractivity contribution in [1.29, 1.82) is 0 Å². The van der Waals surface area contributed by atoms with Crippen molar-refractivity contribution in [3.8, 4) is 0 Å². The van der Waals surface area contributed by atoms with Crippen LogP contribution >= 0.6 is 24.4 Å². The molecule has 0 spiro atoms. The van der Waals surface area contributed by atoms with Crippen molar-refractivity contribution in [3.63, 3.8) is 0 Å². The van der Waals surface area contributed by atoms with Crippen LogP contribution in [0.3, 0.4) is 0 Å². The second-order valence-corrected chi connectivity index (χ2v) is 4.05. The van der Waals surface area contributed by atoms with Gasteiger partial charge >= 0.3 is 0 Å². The zero-order valence-electron chi connectivity index (χ0n) is 8.40. The molecule has 0 aromatic carbocycles. The fourth-order valence-corrected chi connectivity index (χ4v) is 1.47. The van der Waals surface area contributed by atoms with Crippen molar-refractivity contribution in [2.45, 2.75) is 38.1 Å². The van der Waals surface area contributed by atoms with Crippen molar-refractivity contribution in [1.82, 2.24) is 10.9 Å². The fourth-order valence-electron chi connectivity index (χ4n) is 1.41. The first-order valence-electron chi connectivity index (χ1n) is 4.75. The first-order chi connectivity index (χ1) is 7.02. The molecule has 0 amide bonds. The lowest BCUT2D eigenvalue weighted by Crippen LogP contribution is -2.44. The van der Waals surface area contributed by atoms with Crippen molar-refractivity contribution in [2.24, 2.45) is 5.73 Å². The minimum absolute atomic E-state index is 0.171. The fraction of sp³-hybridized carbons (Fsp3) is 0.750. The van der Waals surface area contributed by atoms with Gasteiger partial charge in [-0.1, -0.05) is 19.3 Å². The van der Waals surface area contributed by atoms with E-state index in [1.165, 1.54) is 32.1 Å². The molecule has 1 rings (SSSR count). The summed E-state index contributed by atoms with van der Waals surface area (Å²) in [5, 5.41) is 15.5. The maximum absolute atomic E-state index is 8.64. The third-order valence-electron chi connectivity index (χ3n) is 1.99. The van der Waals surface area contributed by atoms with Gasteiger partial charge in [0.15, 0.2) is 0 Å². The molecule has 0 bridgehead atoms. The number of aliphatic hydroxyl groups excluding tert-OH is 2. The Bertz CT molecular complexity index is 204. The molecule has 0 saturated heterocycles. The number of hydrogen-bond donors (Lipinski definition) is 5. The summed E-state index contributed by atoms with van der Waals surface area (Å²) in [4.78, 5) is 0. The third-order valence-corrected chi connectivity index (χ3v) is 2.09. The molecule has 0 aromatic heterocycles. The molecule has 15 heavy (non-hydrogen) atoms. The summed E-state index contributed by atoms with van der Waals surface area (Å²) in [5.41, 5.74) is 9.93. The number of nitrogens with one attached hydrogen (secondary N) is 2. The highest BCUT2D eigenvalue weighted by atomic mass is 32.1. The molecule has 0 radical (unpaired) electrons. The van der Waals surface area contributed by atoms with Crippen LogP contribution in [0.1, 0.15) is 32.1 Å². The van der Waals surface area contributed by atoms with E-state index in [1.807, 2.05) is 0 Å². The second kappa shape index (κ2) is 8.63. The summed E-state index contributed by atoms with van der Waals surface area (Å²) in [6.45, 7) is 0. The monoisotopic (exact) mass is 251 g/mol. The second-order valence-electron chi connectivity index (χ2n) is 3.25. The van der Waals surface area contributed by atoms with E-state index in [2.05, 4.69) is 41.0 Å². The lowest BCUT2D eigenvalue weighted by Gasteiger charge is -2.22. The molecular formula is C8H17N3O2S2. The molecule has 7 heteroatoms. The summed E-state index contributed by atoms with van der Waals surface area (Å²) in [5.74, 6) is 0. The molecule has 0 heterocycles. The average molecular weight is 251 g/mol. The van der Waals surface area contributed by atoms with E-state index < -0.39 is 5.17 Å². The van der Waals surface area contributed by atoms with Gasteiger partial charge in [0.1, 0.15) is 0 Å². The molecule has 1 aliphatic rings. The van der Waals surface area contributed by atoms with Crippen molar-refractivity contribution < 1.29 is 10.2 Å². The molecule has 0 aliphatic heterocycles. The number of aliphatic hydroxyl groups is 2. The van der Waals surface area contributed by atoms with E-state index in [1.54, 1.807) is 0 Å². The van der Waals surface area contributed by atoms with Gasteiger partial charge < -0.3 is 15.9 Å². The SMILES string of the molecule is NC(O)=S.OC(=S)NNC1CCCCC1. The van der Waals surface area contributed by atoms with Crippen LogP contribution in [-0.4, -0.2) is 26.6 Å². The molecule has 1 aliphatic carbocycles. The average Bonchev–Trinajstić information content (AvgIpc) is 2.15. The molecule has 5 nitrogen and oxygen atoms in total. The number of rotatable bonds is 2. The van der Waals surface area contributed by atoms with Gasteiger partial charge in [-0.15, -0.1) is 0 Å². The van der Waals surface area contributed by atoms with Gasteiger partial charge in [0.05, 0.1) is 0 Å². The molecule has 1 fully saturated rings. The highest BCUT2D eigenvalue weighted by Crippen LogP contribution is 2.16. The number of hydrazine groups is 1. The smallest absolute Gasteiger partial charge is 0.268 e. The Labute approximate surface area is 100 Å². The molecular weight excluding hydrogens is 234 g/mol. The van der Waals surface area contributed by atoms with Gasteiger partial charge in [-0.05, 0) is 37.3 Å². The van der Waals surface area contributed by atoms with Gasteiger partial charge in [0.25, 0.3) is 10.3 Å². The van der Waals surface area contributed by atoms with Crippen LogP contribution in [0, 0.1) is 0 Å². The summed E-state index contributed by atoms with van der Waals surface area (Å²) >= 11 is 8.32. The number of thiocarbonyl (C=S) groups is 2. The largest absolute Gasteiger partial charge is 0.487 e. The van der Waals surface area contributed by atoms with E-state index in [4.69, 9.17) is 10.2 Å². The van der Waals surface area contributed by atoms with Crippen molar-refractivity contribution >= 4 is 34.8 Å². The minimum Gasteiger partial charge on any atom is -0.487 e. The lowest BCUT2D eigenvalue weighted by atomic mass is 9.96. The lowest BCUT2D eigenvalue weighted by molar-refractivity contribution is 0.349. The van der Waals surface area contributed by atoms with Crippen LogP contribution in [0.4, 0.5) is 0 Å². The molecule has 0 aromatic rings. The Morgan fingerprint density at radius 2 is 1.60 bits per heavy atom. The van der Waals surface area contributed by atoms with Gasteiger partial charge in [-0.3, -0.25) is 5.43 Å². The Morgan fingerprint density at radius 3 is 2.00 bits per heavy atom. The Balaban J connectivity index is 0.000000423. The van der Waals surface area contributed by atoms with Crippen LogP contribution < -0.4 is 16.6 Å². The van der Waals surface area contributed by atoms with Gasteiger partial charge in [-0.2, -0.15) is 0 Å². The predicted molar refractivity (Wildman–Crippen MR) is 67.8 cm³/mol. The standard InChI is InChI=1S/C7H14N2OS.CH3NOS/c10-7(11)9-8-6-4-2-1-3-5-6;2-1(3)4/h6,8H,1-5H2,(H2,9,10,11);(H3,2,3,4). The zero-order chi connectivity index (χ0) is 11.7. The first kappa shape index (κ1) is 14.3. The van der Waals surface area contributed by atoms with E-state index in [0.29, 0.717) is 6.04 Å². The number of nitrogens with two attached hydrogens (primary N) is 1. The Morgan fingerprint density at radius 1 is 1.13 bits per heavy atom. The maximum Gasteiger partial charge on any atom is 0.268 e. The molecule has 1 saturated carbocycles. The highest BCUT2D eigenvalue weighted by molar-refractivity contribution is 7.80. The summed E-state index contributed by atoms with van der Waals surface area (Å²) in [6, 6.07) is 0.480. The predicted octanol–water partition coefficient (Wildman–Crippen LogP) is 1.04. The van der Waals surface area contributed by atoms with Crippen molar-refractivity contribution in [2.75, 3.05) is 0 Å². The topological polar surface area (TPSA) is 90.5 Å². The summed E-state index contributed by atoms with van der Waals surface area (Å²) in [6.07, 6.45) is 6.24. The minimum atomic E-state index is -0.500. The zero-order valence-corrected chi connectivity index (χ0v) is 10.0. The third kappa shape index (κ3) is 11.3. The normalized spacial score (nSPS) is 16.0. The highest BCUT2D eigenvalue weighted by Gasteiger charge is 2.12. The van der Waals surface area contributed by atoms with Gasteiger partial charge in [0.2, 0.25) is 0 Å². The maximum atomic E-state index is 8.64. The molecule has 0 atom stereocenters. The van der Waals surface area contributed by atoms with Gasteiger partial charge in [0, 0.05) is 6.04 Å². The molecule has 0 unspecified atom stereocenters. The van der Waals surface area contributed by atoms with Crippen molar-refractivity contribution in [3.05, 3.63) is 0 Å². The number of hydrogen-bond acceptors (Lipinski definition) is 3. The van der Waals surface area contributed by atoms with E-state index in [9.17, 15) is 0 Å². The quantitative estimate of drug-likeness (QED) is 0.370. The van der Waals surface area contributed by atoms with Crippen LogP contribution in [0.5, 0.6) is 0 Å². The van der Waals surface area contributed by atoms with Crippen LogP contribution in [0.25, 0.3) is 0 Å². The van der Waals surface area contributed by atoms with E-state index in [0.717, 1.165) is 0 Å². The molecule has 88 valence electrons.